The van der Waals surface area contributed by atoms with Crippen LogP contribution in [-0.2, 0) is 11.2 Å². The molecule has 0 heterocycles. The van der Waals surface area contributed by atoms with Crippen molar-refractivity contribution in [2.45, 2.75) is 32.0 Å². The highest BCUT2D eigenvalue weighted by atomic mass is 16.6. The van der Waals surface area contributed by atoms with E-state index in [4.69, 9.17) is 4.74 Å². The molecule has 2 rings (SSSR count). The Bertz CT molecular complexity index is 479. The van der Waals surface area contributed by atoms with E-state index in [1.807, 2.05) is 24.3 Å². The summed E-state index contributed by atoms with van der Waals surface area (Å²) < 4.78 is 5.40. The van der Waals surface area contributed by atoms with Crippen molar-refractivity contribution >= 4 is 0 Å². The molecule has 2 aromatic rings. The standard InChI is InChI=1S/C18H22O2/c1-15(19)20-14-18(17-10-6-3-7-11-17)13-12-16-8-4-2-5-9-16/h2-11,15,18-19H,12-14H2,1H3. The van der Waals surface area contributed by atoms with Crippen LogP contribution < -0.4 is 0 Å². The molecule has 0 spiro atoms. The van der Waals surface area contributed by atoms with Gasteiger partial charge in [0.2, 0.25) is 0 Å². The van der Waals surface area contributed by atoms with Crippen LogP contribution in [0, 0.1) is 0 Å². The lowest BCUT2D eigenvalue weighted by molar-refractivity contribution is -0.0900. The normalized spacial score (nSPS) is 13.9. The van der Waals surface area contributed by atoms with Gasteiger partial charge in [-0.25, -0.2) is 0 Å². The molecule has 0 aliphatic carbocycles. The summed E-state index contributed by atoms with van der Waals surface area (Å²) in [5.41, 5.74) is 2.61. The quantitative estimate of drug-likeness (QED) is 0.776. The summed E-state index contributed by atoms with van der Waals surface area (Å²) in [7, 11) is 0. The summed E-state index contributed by atoms with van der Waals surface area (Å²) >= 11 is 0. The molecule has 1 N–H and O–H groups in total. The van der Waals surface area contributed by atoms with Gasteiger partial charge in [-0.15, -0.1) is 0 Å². The van der Waals surface area contributed by atoms with E-state index >= 15 is 0 Å². The van der Waals surface area contributed by atoms with Gasteiger partial charge in [-0.3, -0.25) is 0 Å². The molecule has 2 heteroatoms. The zero-order valence-electron chi connectivity index (χ0n) is 11.9. The van der Waals surface area contributed by atoms with Gasteiger partial charge in [0.25, 0.3) is 0 Å². The van der Waals surface area contributed by atoms with Crippen molar-refractivity contribution in [2.24, 2.45) is 0 Å². The van der Waals surface area contributed by atoms with Crippen LogP contribution in [0.4, 0.5) is 0 Å². The molecule has 0 saturated heterocycles. The monoisotopic (exact) mass is 270 g/mol. The van der Waals surface area contributed by atoms with Gasteiger partial charge < -0.3 is 9.84 Å². The Balaban J connectivity index is 1.99. The first-order valence-corrected chi connectivity index (χ1v) is 7.14. The Kier molecular flexibility index (Phi) is 5.78. The van der Waals surface area contributed by atoms with Gasteiger partial charge in [-0.1, -0.05) is 60.7 Å². The highest BCUT2D eigenvalue weighted by Gasteiger charge is 2.13. The maximum atomic E-state index is 9.31. The van der Waals surface area contributed by atoms with Crippen molar-refractivity contribution in [1.82, 2.24) is 0 Å². The molecule has 0 bridgehead atoms. The molecule has 0 saturated carbocycles. The van der Waals surface area contributed by atoms with E-state index in [-0.39, 0.29) is 0 Å². The van der Waals surface area contributed by atoms with E-state index in [0.717, 1.165) is 12.8 Å². The summed E-state index contributed by atoms with van der Waals surface area (Å²) in [5.74, 6) is 0.311. The molecule has 0 aliphatic rings. The Hall–Kier alpha value is -1.64. The summed E-state index contributed by atoms with van der Waals surface area (Å²) in [6, 6.07) is 20.8. The summed E-state index contributed by atoms with van der Waals surface area (Å²) in [6.45, 7) is 2.20. The maximum absolute atomic E-state index is 9.31. The van der Waals surface area contributed by atoms with Crippen molar-refractivity contribution in [3.63, 3.8) is 0 Å². The Morgan fingerprint density at radius 2 is 1.55 bits per heavy atom. The van der Waals surface area contributed by atoms with Gasteiger partial charge in [0.05, 0.1) is 6.61 Å². The van der Waals surface area contributed by atoms with E-state index < -0.39 is 6.29 Å². The number of benzene rings is 2. The fraction of sp³-hybridized carbons (Fsp3) is 0.333. The average Bonchev–Trinajstić information content (AvgIpc) is 2.49. The number of ether oxygens (including phenoxy) is 1. The highest BCUT2D eigenvalue weighted by molar-refractivity contribution is 5.21. The largest absolute Gasteiger partial charge is 0.368 e. The highest BCUT2D eigenvalue weighted by Crippen LogP contribution is 2.22. The van der Waals surface area contributed by atoms with Gasteiger partial charge in [0.1, 0.15) is 0 Å². The fourth-order valence-electron chi connectivity index (χ4n) is 2.31. The second-order valence-electron chi connectivity index (χ2n) is 5.06. The molecule has 2 nitrogen and oxygen atoms in total. The minimum Gasteiger partial charge on any atom is -0.368 e. The third kappa shape index (κ3) is 4.80. The molecule has 20 heavy (non-hydrogen) atoms. The van der Waals surface area contributed by atoms with Crippen molar-refractivity contribution in [3.05, 3.63) is 71.8 Å². The van der Waals surface area contributed by atoms with E-state index in [9.17, 15) is 5.11 Å². The average molecular weight is 270 g/mol. The van der Waals surface area contributed by atoms with E-state index in [1.165, 1.54) is 11.1 Å². The predicted octanol–water partition coefficient (Wildman–Crippen LogP) is 3.76. The summed E-state index contributed by atoms with van der Waals surface area (Å²) in [4.78, 5) is 0. The van der Waals surface area contributed by atoms with Crippen molar-refractivity contribution in [3.8, 4) is 0 Å². The van der Waals surface area contributed by atoms with Crippen LogP contribution in [-0.4, -0.2) is 18.0 Å². The van der Waals surface area contributed by atoms with Crippen LogP contribution in [0.1, 0.15) is 30.4 Å². The predicted molar refractivity (Wildman–Crippen MR) is 81.6 cm³/mol. The van der Waals surface area contributed by atoms with Crippen LogP contribution in [0.15, 0.2) is 60.7 Å². The maximum Gasteiger partial charge on any atom is 0.151 e. The topological polar surface area (TPSA) is 29.5 Å². The lowest BCUT2D eigenvalue weighted by atomic mass is 9.93. The molecule has 2 unspecified atom stereocenters. The molecule has 0 aliphatic heterocycles. The number of aliphatic hydroxyl groups is 1. The van der Waals surface area contributed by atoms with E-state index in [0.29, 0.717) is 12.5 Å². The van der Waals surface area contributed by atoms with E-state index in [1.54, 1.807) is 6.92 Å². The van der Waals surface area contributed by atoms with Gasteiger partial charge >= 0.3 is 0 Å². The molecule has 0 amide bonds. The minimum atomic E-state index is -0.710. The summed E-state index contributed by atoms with van der Waals surface area (Å²) in [6.07, 6.45) is 1.32. The van der Waals surface area contributed by atoms with Crippen LogP contribution >= 0.6 is 0 Å². The van der Waals surface area contributed by atoms with Crippen LogP contribution in [0.5, 0.6) is 0 Å². The number of hydrogen-bond acceptors (Lipinski definition) is 2. The first-order chi connectivity index (χ1) is 9.75. The van der Waals surface area contributed by atoms with Crippen molar-refractivity contribution in [1.29, 1.82) is 0 Å². The number of aliphatic hydroxyl groups excluding tert-OH is 1. The zero-order chi connectivity index (χ0) is 14.2. The second kappa shape index (κ2) is 7.83. The number of hydrogen-bond donors (Lipinski definition) is 1. The first kappa shape index (κ1) is 14.8. The fourth-order valence-corrected chi connectivity index (χ4v) is 2.31. The lowest BCUT2D eigenvalue weighted by Gasteiger charge is -2.19. The molecule has 106 valence electrons. The lowest BCUT2D eigenvalue weighted by Crippen LogP contribution is -2.15. The Morgan fingerprint density at radius 3 is 2.15 bits per heavy atom. The van der Waals surface area contributed by atoms with Crippen molar-refractivity contribution in [2.75, 3.05) is 6.61 Å². The minimum absolute atomic E-state index is 0.311. The molecule has 0 radical (unpaired) electrons. The molecule has 0 aromatic heterocycles. The number of aryl methyl sites for hydroxylation is 1. The van der Waals surface area contributed by atoms with Gasteiger partial charge in [-0.2, -0.15) is 0 Å². The number of rotatable bonds is 7. The SMILES string of the molecule is CC(O)OCC(CCc1ccccc1)c1ccccc1. The molecule has 0 fully saturated rings. The summed E-state index contributed by atoms with van der Waals surface area (Å²) in [5, 5.41) is 9.31. The van der Waals surface area contributed by atoms with Crippen LogP contribution in [0.25, 0.3) is 0 Å². The van der Waals surface area contributed by atoms with E-state index in [2.05, 4.69) is 36.4 Å². The van der Waals surface area contributed by atoms with Crippen molar-refractivity contribution < 1.29 is 9.84 Å². The van der Waals surface area contributed by atoms with Gasteiger partial charge in [-0.05, 0) is 30.9 Å². The van der Waals surface area contributed by atoms with Gasteiger partial charge in [0, 0.05) is 5.92 Å². The molecular weight excluding hydrogens is 248 g/mol. The molecular formula is C18H22O2. The molecule has 2 aromatic carbocycles. The zero-order valence-corrected chi connectivity index (χ0v) is 11.9. The van der Waals surface area contributed by atoms with Gasteiger partial charge in [0.15, 0.2) is 6.29 Å². The third-order valence-corrected chi connectivity index (χ3v) is 3.43. The van der Waals surface area contributed by atoms with Crippen LogP contribution in [0.2, 0.25) is 0 Å². The Morgan fingerprint density at radius 1 is 0.950 bits per heavy atom. The Labute approximate surface area is 121 Å². The first-order valence-electron chi connectivity index (χ1n) is 7.14. The molecule has 2 atom stereocenters. The van der Waals surface area contributed by atoms with Crippen LogP contribution in [0.3, 0.4) is 0 Å². The second-order valence-corrected chi connectivity index (χ2v) is 5.06. The smallest absolute Gasteiger partial charge is 0.151 e. The third-order valence-electron chi connectivity index (χ3n) is 3.43.